The van der Waals surface area contributed by atoms with Crippen molar-refractivity contribution in [2.75, 3.05) is 26.2 Å². The Kier molecular flexibility index (Phi) is 6.89. The molecule has 0 aliphatic heterocycles. The molecule has 3 aromatic carbocycles. The Morgan fingerprint density at radius 2 is 1.74 bits per heavy atom. The van der Waals surface area contributed by atoms with Crippen LogP contribution in [0, 0.1) is 10.1 Å². The molecule has 0 atom stereocenters. The Labute approximate surface area is 201 Å². The summed E-state index contributed by atoms with van der Waals surface area (Å²) in [5.41, 5.74) is 3.89. The monoisotopic (exact) mass is 473 g/mol. The lowest BCUT2D eigenvalue weighted by atomic mass is 10.1. The summed E-state index contributed by atoms with van der Waals surface area (Å²) >= 11 is 1.49. The van der Waals surface area contributed by atoms with Crippen molar-refractivity contribution in [3.63, 3.8) is 0 Å². The van der Waals surface area contributed by atoms with Crippen LogP contribution in [0.25, 0.3) is 23.4 Å². The molecule has 0 N–H and O–H groups in total. The standard InChI is InChI=1S/C26H23N3O4S/c1-28(20-7-5-4-6-8-20)22-12-9-18(15-23(22)29(30)31)10-14-26-27-21(17-34-26)19-11-13-24(32-2)25(16-19)33-3/h4-17H,1-3H3/b14-10+. The molecule has 4 aromatic rings. The van der Waals surface area contributed by atoms with E-state index in [1.165, 1.54) is 11.3 Å². The molecule has 0 aliphatic carbocycles. The van der Waals surface area contributed by atoms with Crippen LogP contribution in [-0.4, -0.2) is 31.2 Å². The molecule has 8 heteroatoms. The van der Waals surface area contributed by atoms with Crippen molar-refractivity contribution in [1.82, 2.24) is 4.98 Å². The fourth-order valence-corrected chi connectivity index (χ4v) is 4.24. The predicted molar refractivity (Wildman–Crippen MR) is 137 cm³/mol. The smallest absolute Gasteiger partial charge is 0.293 e. The van der Waals surface area contributed by atoms with Gasteiger partial charge in [0.2, 0.25) is 0 Å². The molecule has 4 rings (SSSR count). The van der Waals surface area contributed by atoms with Gasteiger partial charge in [0.05, 0.1) is 24.8 Å². The Morgan fingerprint density at radius 1 is 0.971 bits per heavy atom. The van der Waals surface area contributed by atoms with Gasteiger partial charge in [0.25, 0.3) is 5.69 Å². The minimum absolute atomic E-state index is 0.0404. The molecule has 0 spiro atoms. The number of nitrogens with zero attached hydrogens (tertiary/aromatic N) is 3. The van der Waals surface area contributed by atoms with E-state index in [2.05, 4.69) is 4.98 Å². The predicted octanol–water partition coefficient (Wildman–Crippen LogP) is 6.67. The van der Waals surface area contributed by atoms with Gasteiger partial charge >= 0.3 is 0 Å². The van der Waals surface area contributed by atoms with Gasteiger partial charge in [-0.1, -0.05) is 30.3 Å². The number of hydrogen-bond acceptors (Lipinski definition) is 7. The normalized spacial score (nSPS) is 10.9. The highest BCUT2D eigenvalue weighted by molar-refractivity contribution is 7.10. The van der Waals surface area contributed by atoms with Crippen LogP contribution < -0.4 is 14.4 Å². The maximum atomic E-state index is 11.8. The molecule has 0 amide bonds. The van der Waals surface area contributed by atoms with Crippen LogP contribution in [0.15, 0.2) is 72.1 Å². The van der Waals surface area contributed by atoms with Crippen LogP contribution >= 0.6 is 11.3 Å². The zero-order valence-corrected chi connectivity index (χ0v) is 19.8. The lowest BCUT2D eigenvalue weighted by Crippen LogP contribution is -2.11. The molecular formula is C26H23N3O4S. The van der Waals surface area contributed by atoms with E-state index in [4.69, 9.17) is 9.47 Å². The molecule has 1 heterocycles. The highest BCUT2D eigenvalue weighted by Crippen LogP contribution is 2.35. The number of methoxy groups -OCH3 is 2. The lowest BCUT2D eigenvalue weighted by Gasteiger charge is -2.19. The largest absolute Gasteiger partial charge is 0.493 e. The second-order valence-electron chi connectivity index (χ2n) is 7.37. The van der Waals surface area contributed by atoms with Gasteiger partial charge in [-0.15, -0.1) is 11.3 Å². The van der Waals surface area contributed by atoms with E-state index in [1.807, 2.05) is 84.1 Å². The second-order valence-corrected chi connectivity index (χ2v) is 8.26. The third-order valence-corrected chi connectivity index (χ3v) is 6.13. The zero-order chi connectivity index (χ0) is 24.1. The molecule has 0 bridgehead atoms. The zero-order valence-electron chi connectivity index (χ0n) is 19.0. The maximum absolute atomic E-state index is 11.8. The first kappa shape index (κ1) is 23.0. The number of benzene rings is 3. The number of nitro benzene ring substituents is 1. The fraction of sp³-hybridized carbons (Fsp3) is 0.115. The van der Waals surface area contributed by atoms with Gasteiger partial charge in [-0.3, -0.25) is 10.1 Å². The summed E-state index contributed by atoms with van der Waals surface area (Å²) in [5.74, 6) is 1.29. The summed E-state index contributed by atoms with van der Waals surface area (Å²) in [7, 11) is 5.01. The molecular weight excluding hydrogens is 450 g/mol. The van der Waals surface area contributed by atoms with Crippen molar-refractivity contribution < 1.29 is 14.4 Å². The number of hydrogen-bond donors (Lipinski definition) is 0. The van der Waals surface area contributed by atoms with Crippen LogP contribution in [0.1, 0.15) is 10.6 Å². The minimum atomic E-state index is -0.356. The van der Waals surface area contributed by atoms with Crippen molar-refractivity contribution >= 4 is 40.6 Å². The van der Waals surface area contributed by atoms with Crippen LogP contribution in [0.4, 0.5) is 17.1 Å². The number of para-hydroxylation sites is 1. The van der Waals surface area contributed by atoms with Crippen LogP contribution in [0.2, 0.25) is 0 Å². The second kappa shape index (κ2) is 10.2. The van der Waals surface area contributed by atoms with E-state index in [0.717, 1.165) is 27.5 Å². The molecule has 172 valence electrons. The number of anilines is 2. The number of rotatable bonds is 8. The van der Waals surface area contributed by atoms with Gasteiger partial charge in [0.15, 0.2) is 11.5 Å². The maximum Gasteiger partial charge on any atom is 0.293 e. The van der Waals surface area contributed by atoms with Gasteiger partial charge in [-0.05, 0) is 48.0 Å². The van der Waals surface area contributed by atoms with Crippen molar-refractivity contribution in [3.05, 3.63) is 92.8 Å². The first-order valence-electron chi connectivity index (χ1n) is 10.4. The minimum Gasteiger partial charge on any atom is -0.493 e. The SMILES string of the molecule is COc1ccc(-c2csc(/C=C/c3ccc(N(C)c4ccccc4)c([N+](=O)[O-])c3)n2)cc1OC. The Morgan fingerprint density at radius 3 is 2.44 bits per heavy atom. The third kappa shape index (κ3) is 4.92. The third-order valence-electron chi connectivity index (χ3n) is 5.32. The van der Waals surface area contributed by atoms with Crippen LogP contribution in [0.5, 0.6) is 11.5 Å². The molecule has 1 aromatic heterocycles. The van der Waals surface area contributed by atoms with Crippen LogP contribution in [-0.2, 0) is 0 Å². The van der Waals surface area contributed by atoms with Crippen molar-refractivity contribution in [2.24, 2.45) is 0 Å². The van der Waals surface area contributed by atoms with E-state index in [9.17, 15) is 10.1 Å². The Bertz CT molecular complexity index is 1340. The first-order valence-corrected chi connectivity index (χ1v) is 11.3. The summed E-state index contributed by atoms with van der Waals surface area (Å²) in [4.78, 5) is 17.9. The van der Waals surface area contributed by atoms with E-state index in [-0.39, 0.29) is 10.6 Å². The van der Waals surface area contributed by atoms with Crippen LogP contribution in [0.3, 0.4) is 0 Å². The van der Waals surface area contributed by atoms with Gasteiger partial charge in [0, 0.05) is 29.7 Å². The molecule has 0 unspecified atom stereocenters. The lowest BCUT2D eigenvalue weighted by molar-refractivity contribution is -0.384. The van der Waals surface area contributed by atoms with Gasteiger partial charge < -0.3 is 14.4 Å². The summed E-state index contributed by atoms with van der Waals surface area (Å²) in [5, 5.41) is 14.5. The molecule has 0 saturated heterocycles. The summed E-state index contributed by atoms with van der Waals surface area (Å²) < 4.78 is 10.7. The highest BCUT2D eigenvalue weighted by Gasteiger charge is 2.18. The summed E-state index contributed by atoms with van der Waals surface area (Å²) in [6, 6.07) is 20.4. The molecule has 0 radical (unpaired) electrons. The molecule has 0 fully saturated rings. The molecule has 7 nitrogen and oxygen atoms in total. The van der Waals surface area contributed by atoms with Crippen molar-refractivity contribution in [3.8, 4) is 22.8 Å². The van der Waals surface area contributed by atoms with E-state index in [1.54, 1.807) is 26.4 Å². The average Bonchev–Trinajstić information content (AvgIpc) is 3.36. The van der Waals surface area contributed by atoms with Gasteiger partial charge in [0.1, 0.15) is 10.7 Å². The molecule has 0 aliphatic rings. The van der Waals surface area contributed by atoms with E-state index in [0.29, 0.717) is 17.2 Å². The van der Waals surface area contributed by atoms with Gasteiger partial charge in [-0.25, -0.2) is 4.98 Å². The quantitative estimate of drug-likeness (QED) is 0.210. The summed E-state index contributed by atoms with van der Waals surface area (Å²) in [6.45, 7) is 0. The molecule has 0 saturated carbocycles. The number of aromatic nitrogens is 1. The first-order chi connectivity index (χ1) is 16.5. The van der Waals surface area contributed by atoms with Crippen molar-refractivity contribution in [2.45, 2.75) is 0 Å². The molecule has 34 heavy (non-hydrogen) atoms. The highest BCUT2D eigenvalue weighted by atomic mass is 32.1. The number of ether oxygens (including phenoxy) is 2. The summed E-state index contributed by atoms with van der Waals surface area (Å²) in [6.07, 6.45) is 3.69. The topological polar surface area (TPSA) is 77.7 Å². The number of thiazole rings is 1. The average molecular weight is 474 g/mol. The van der Waals surface area contributed by atoms with E-state index >= 15 is 0 Å². The fourth-order valence-electron chi connectivity index (χ4n) is 3.52. The Balaban J connectivity index is 1.57. The Hall–Kier alpha value is -4.17. The number of nitro groups is 1. The van der Waals surface area contributed by atoms with Gasteiger partial charge in [-0.2, -0.15) is 0 Å². The van der Waals surface area contributed by atoms with E-state index < -0.39 is 0 Å². The van der Waals surface area contributed by atoms with Crippen molar-refractivity contribution in [1.29, 1.82) is 0 Å².